The van der Waals surface area contributed by atoms with Gasteiger partial charge in [0, 0.05) is 13.2 Å². The first kappa shape index (κ1) is 14.0. The lowest BCUT2D eigenvalue weighted by Crippen LogP contribution is -2.49. The van der Waals surface area contributed by atoms with Crippen LogP contribution >= 0.6 is 0 Å². The van der Waals surface area contributed by atoms with Gasteiger partial charge in [0.25, 0.3) is 0 Å². The van der Waals surface area contributed by atoms with E-state index in [-0.39, 0.29) is 0 Å². The Morgan fingerprint density at radius 2 is 2.11 bits per heavy atom. The molecule has 2 atom stereocenters. The highest BCUT2D eigenvalue weighted by Crippen LogP contribution is 2.10. The average molecular weight is 256 g/mol. The maximum Gasteiger partial charge on any atom is 0.328 e. The highest BCUT2D eigenvalue weighted by molar-refractivity contribution is 5.92. The van der Waals surface area contributed by atoms with Crippen LogP contribution in [0.2, 0.25) is 0 Å². The number of aliphatic hydroxyl groups is 1. The van der Waals surface area contributed by atoms with Crippen LogP contribution in [0.4, 0.5) is 10.5 Å². The largest absolute Gasteiger partial charge is 0.480 e. The van der Waals surface area contributed by atoms with Crippen LogP contribution in [0.1, 0.15) is 12.6 Å². The Hall–Kier alpha value is -2.09. The SMILES string of the molecule is Cc1nn(C)cc1NC(=O)NC(C(=O)O)C(C)O. The lowest BCUT2D eigenvalue weighted by molar-refractivity contribution is -0.141. The fourth-order valence-corrected chi connectivity index (χ4v) is 1.41. The number of aliphatic hydroxyl groups excluding tert-OH is 1. The van der Waals surface area contributed by atoms with Gasteiger partial charge in [0.1, 0.15) is 0 Å². The fraction of sp³-hybridized carbons (Fsp3) is 0.500. The number of urea groups is 1. The molecule has 1 heterocycles. The van der Waals surface area contributed by atoms with Crippen molar-refractivity contribution in [2.24, 2.45) is 7.05 Å². The minimum Gasteiger partial charge on any atom is -0.480 e. The molecule has 2 amide bonds. The van der Waals surface area contributed by atoms with Crippen molar-refractivity contribution in [2.45, 2.75) is 26.0 Å². The van der Waals surface area contributed by atoms with Crippen LogP contribution in [0.25, 0.3) is 0 Å². The second kappa shape index (κ2) is 5.50. The first-order valence-corrected chi connectivity index (χ1v) is 5.30. The van der Waals surface area contributed by atoms with E-state index in [1.165, 1.54) is 11.6 Å². The Kier molecular flexibility index (Phi) is 4.27. The van der Waals surface area contributed by atoms with Crippen molar-refractivity contribution in [1.29, 1.82) is 0 Å². The second-order valence-electron chi connectivity index (χ2n) is 3.96. The summed E-state index contributed by atoms with van der Waals surface area (Å²) in [5, 5.41) is 26.7. The van der Waals surface area contributed by atoms with Crippen LogP contribution in [0, 0.1) is 6.92 Å². The Balaban J connectivity index is 2.66. The number of anilines is 1. The van der Waals surface area contributed by atoms with Gasteiger partial charge >= 0.3 is 12.0 Å². The molecular formula is C10H16N4O4. The molecule has 100 valence electrons. The van der Waals surface area contributed by atoms with E-state index in [0.29, 0.717) is 11.4 Å². The smallest absolute Gasteiger partial charge is 0.328 e. The average Bonchev–Trinajstić information content (AvgIpc) is 2.53. The number of hydrogen-bond acceptors (Lipinski definition) is 4. The lowest BCUT2D eigenvalue weighted by atomic mass is 10.2. The molecule has 1 aromatic heterocycles. The zero-order chi connectivity index (χ0) is 13.9. The summed E-state index contributed by atoms with van der Waals surface area (Å²) in [6.45, 7) is 2.99. The number of carboxylic acids is 1. The van der Waals surface area contributed by atoms with Crippen molar-refractivity contribution >= 4 is 17.7 Å². The van der Waals surface area contributed by atoms with Crippen LogP contribution in [0.15, 0.2) is 6.20 Å². The van der Waals surface area contributed by atoms with Crippen molar-refractivity contribution in [1.82, 2.24) is 15.1 Å². The van der Waals surface area contributed by atoms with Gasteiger partial charge in [-0.1, -0.05) is 0 Å². The fourth-order valence-electron chi connectivity index (χ4n) is 1.41. The van der Waals surface area contributed by atoms with Crippen LogP contribution < -0.4 is 10.6 Å². The number of amides is 2. The predicted molar refractivity (Wildman–Crippen MR) is 63.2 cm³/mol. The second-order valence-corrected chi connectivity index (χ2v) is 3.96. The summed E-state index contributed by atoms with van der Waals surface area (Å²) in [5.74, 6) is -1.30. The minimum atomic E-state index is -1.36. The number of rotatable bonds is 4. The Morgan fingerprint density at radius 1 is 1.50 bits per heavy atom. The molecule has 0 bridgehead atoms. The Labute approximate surface area is 104 Å². The quantitative estimate of drug-likeness (QED) is 0.589. The number of nitrogens with one attached hydrogen (secondary N) is 2. The summed E-state index contributed by atoms with van der Waals surface area (Å²) in [4.78, 5) is 22.3. The molecule has 8 nitrogen and oxygen atoms in total. The van der Waals surface area contributed by atoms with Crippen LogP contribution in [-0.4, -0.2) is 44.1 Å². The molecule has 2 unspecified atom stereocenters. The van der Waals surface area contributed by atoms with E-state index in [4.69, 9.17) is 5.11 Å². The first-order chi connectivity index (χ1) is 8.31. The van der Waals surface area contributed by atoms with Crippen molar-refractivity contribution in [3.05, 3.63) is 11.9 Å². The van der Waals surface area contributed by atoms with E-state index in [1.54, 1.807) is 20.2 Å². The van der Waals surface area contributed by atoms with Crippen LogP contribution in [0.3, 0.4) is 0 Å². The molecule has 0 aliphatic carbocycles. The molecule has 0 radical (unpaired) electrons. The number of aliphatic carboxylic acids is 1. The van der Waals surface area contributed by atoms with Crippen molar-refractivity contribution in [3.8, 4) is 0 Å². The van der Waals surface area contributed by atoms with E-state index in [0.717, 1.165) is 0 Å². The third-order valence-electron chi connectivity index (χ3n) is 2.30. The van der Waals surface area contributed by atoms with E-state index >= 15 is 0 Å². The van der Waals surface area contributed by atoms with Crippen molar-refractivity contribution < 1.29 is 19.8 Å². The molecule has 0 spiro atoms. The number of carbonyl (C=O) groups is 2. The van der Waals surface area contributed by atoms with Gasteiger partial charge in [-0.3, -0.25) is 4.68 Å². The maximum absolute atomic E-state index is 11.6. The topological polar surface area (TPSA) is 116 Å². The van der Waals surface area contributed by atoms with Crippen molar-refractivity contribution in [2.75, 3.05) is 5.32 Å². The number of carboxylic acid groups (broad SMARTS) is 1. The van der Waals surface area contributed by atoms with Gasteiger partial charge in [0.05, 0.1) is 17.5 Å². The van der Waals surface area contributed by atoms with E-state index in [9.17, 15) is 14.7 Å². The molecule has 0 saturated carbocycles. The van der Waals surface area contributed by atoms with E-state index < -0.39 is 24.1 Å². The number of hydrogen-bond donors (Lipinski definition) is 4. The summed E-state index contributed by atoms with van der Waals surface area (Å²) in [7, 11) is 1.70. The summed E-state index contributed by atoms with van der Waals surface area (Å²) < 4.78 is 1.52. The molecule has 0 saturated heterocycles. The number of aryl methyl sites for hydroxylation is 2. The van der Waals surface area contributed by atoms with E-state index in [2.05, 4.69) is 15.7 Å². The standard InChI is InChI=1S/C10H16N4O4/c1-5-7(4-14(3)13-5)11-10(18)12-8(6(2)15)9(16)17/h4,6,8,15H,1-3H3,(H,16,17)(H2,11,12,18). The molecule has 0 fully saturated rings. The van der Waals surface area contributed by atoms with Gasteiger partial charge in [-0.05, 0) is 13.8 Å². The normalized spacial score (nSPS) is 13.8. The molecule has 0 aliphatic heterocycles. The number of nitrogens with zero attached hydrogens (tertiary/aromatic N) is 2. The minimum absolute atomic E-state index is 0.477. The highest BCUT2D eigenvalue weighted by Gasteiger charge is 2.25. The predicted octanol–water partition coefficient (Wildman–Crippen LogP) is -0.316. The lowest BCUT2D eigenvalue weighted by Gasteiger charge is -2.17. The Morgan fingerprint density at radius 3 is 2.50 bits per heavy atom. The highest BCUT2D eigenvalue weighted by atomic mass is 16.4. The van der Waals surface area contributed by atoms with Crippen molar-refractivity contribution in [3.63, 3.8) is 0 Å². The molecule has 0 aromatic carbocycles. The van der Waals surface area contributed by atoms with Gasteiger partial charge in [-0.25, -0.2) is 9.59 Å². The maximum atomic E-state index is 11.6. The van der Waals surface area contributed by atoms with Gasteiger partial charge < -0.3 is 20.8 Å². The zero-order valence-corrected chi connectivity index (χ0v) is 10.3. The summed E-state index contributed by atoms with van der Waals surface area (Å²) in [5.41, 5.74) is 1.08. The summed E-state index contributed by atoms with van der Waals surface area (Å²) in [6, 6.07) is -2.07. The molecule has 1 rings (SSSR count). The Bertz CT molecular complexity index is 455. The molecule has 1 aromatic rings. The van der Waals surface area contributed by atoms with Gasteiger partial charge in [0.15, 0.2) is 6.04 Å². The molecule has 4 N–H and O–H groups in total. The van der Waals surface area contributed by atoms with Crippen LogP contribution in [-0.2, 0) is 11.8 Å². The van der Waals surface area contributed by atoms with Crippen LogP contribution in [0.5, 0.6) is 0 Å². The monoisotopic (exact) mass is 256 g/mol. The summed E-state index contributed by atoms with van der Waals surface area (Å²) >= 11 is 0. The molecule has 18 heavy (non-hydrogen) atoms. The third-order valence-corrected chi connectivity index (χ3v) is 2.30. The zero-order valence-electron chi connectivity index (χ0n) is 10.3. The van der Waals surface area contributed by atoms with E-state index in [1.807, 2.05) is 0 Å². The first-order valence-electron chi connectivity index (χ1n) is 5.30. The molecule has 8 heteroatoms. The molecule has 0 aliphatic rings. The third kappa shape index (κ3) is 3.45. The van der Waals surface area contributed by atoms with Gasteiger partial charge in [-0.2, -0.15) is 5.10 Å². The summed E-state index contributed by atoms with van der Waals surface area (Å²) in [6.07, 6.45) is 0.399. The van der Waals surface area contributed by atoms with Gasteiger partial charge in [-0.15, -0.1) is 0 Å². The molecular weight excluding hydrogens is 240 g/mol. The van der Waals surface area contributed by atoms with Gasteiger partial charge in [0.2, 0.25) is 0 Å². The number of aromatic nitrogens is 2. The number of carbonyl (C=O) groups excluding carboxylic acids is 1.